The number of alkyl halides is 3. The summed E-state index contributed by atoms with van der Waals surface area (Å²) in [5.74, 6) is -1.07. The van der Waals surface area contributed by atoms with Gasteiger partial charge in [-0.1, -0.05) is 6.08 Å². The van der Waals surface area contributed by atoms with E-state index in [0.29, 0.717) is 10.2 Å². The standard InChI is InChI=1S/C13H9BrF3NO2/c14-10-2-1-9(13(15,16)17)7-11(10)18-5-3-8(4-6-18)12(19)20/h1-5,7H,6H2,(H,19,20). The van der Waals surface area contributed by atoms with Crippen molar-refractivity contribution < 1.29 is 23.1 Å². The Kier molecular flexibility index (Phi) is 3.89. The van der Waals surface area contributed by atoms with E-state index in [0.717, 1.165) is 12.1 Å². The van der Waals surface area contributed by atoms with Gasteiger partial charge in [-0.25, -0.2) is 4.79 Å². The van der Waals surface area contributed by atoms with Gasteiger partial charge in [0.2, 0.25) is 0 Å². The molecule has 1 aromatic carbocycles. The zero-order valence-corrected chi connectivity index (χ0v) is 11.6. The molecular formula is C13H9BrF3NO2. The van der Waals surface area contributed by atoms with E-state index in [2.05, 4.69) is 15.9 Å². The number of carboxylic acids is 1. The fourth-order valence-corrected chi connectivity index (χ4v) is 2.22. The molecule has 20 heavy (non-hydrogen) atoms. The molecule has 1 N–H and O–H groups in total. The summed E-state index contributed by atoms with van der Waals surface area (Å²) in [4.78, 5) is 12.3. The Morgan fingerprint density at radius 2 is 2.05 bits per heavy atom. The quantitative estimate of drug-likeness (QED) is 0.884. The van der Waals surface area contributed by atoms with Crippen molar-refractivity contribution in [2.45, 2.75) is 6.18 Å². The molecule has 0 amide bonds. The van der Waals surface area contributed by atoms with Crippen molar-refractivity contribution in [3.05, 3.63) is 52.2 Å². The van der Waals surface area contributed by atoms with Gasteiger partial charge in [0.25, 0.3) is 0 Å². The number of hydrogen-bond acceptors (Lipinski definition) is 2. The first-order chi connectivity index (χ1) is 9.29. The predicted molar refractivity (Wildman–Crippen MR) is 71.3 cm³/mol. The van der Waals surface area contributed by atoms with Crippen molar-refractivity contribution in [1.29, 1.82) is 0 Å². The van der Waals surface area contributed by atoms with E-state index >= 15 is 0 Å². The Balaban J connectivity index is 2.31. The summed E-state index contributed by atoms with van der Waals surface area (Å²) >= 11 is 3.20. The fourth-order valence-electron chi connectivity index (χ4n) is 1.74. The van der Waals surface area contributed by atoms with Gasteiger partial charge >= 0.3 is 12.1 Å². The summed E-state index contributed by atoms with van der Waals surface area (Å²) in [7, 11) is 0. The molecule has 0 radical (unpaired) electrons. The highest BCUT2D eigenvalue weighted by Crippen LogP contribution is 2.36. The number of carboxylic acid groups (broad SMARTS) is 1. The average Bonchev–Trinajstić information content (AvgIpc) is 2.38. The average molecular weight is 348 g/mol. The van der Waals surface area contributed by atoms with E-state index in [-0.39, 0.29) is 12.1 Å². The van der Waals surface area contributed by atoms with E-state index in [1.54, 1.807) is 0 Å². The molecular weight excluding hydrogens is 339 g/mol. The number of aliphatic carboxylic acids is 1. The molecule has 106 valence electrons. The summed E-state index contributed by atoms with van der Waals surface area (Å²) in [6.45, 7) is 0.193. The molecule has 1 heterocycles. The monoisotopic (exact) mass is 347 g/mol. The van der Waals surface area contributed by atoms with E-state index in [1.165, 1.54) is 29.3 Å². The van der Waals surface area contributed by atoms with Crippen molar-refractivity contribution in [2.24, 2.45) is 0 Å². The van der Waals surface area contributed by atoms with Gasteiger partial charge in [-0.2, -0.15) is 13.2 Å². The van der Waals surface area contributed by atoms with Crippen LogP contribution in [-0.2, 0) is 11.0 Å². The molecule has 7 heteroatoms. The first kappa shape index (κ1) is 14.6. The topological polar surface area (TPSA) is 40.5 Å². The van der Waals surface area contributed by atoms with E-state index in [1.807, 2.05) is 0 Å². The summed E-state index contributed by atoms with van der Waals surface area (Å²) < 4.78 is 38.6. The van der Waals surface area contributed by atoms with E-state index in [4.69, 9.17) is 5.11 Å². The summed E-state index contributed by atoms with van der Waals surface area (Å²) in [6, 6.07) is 3.33. The van der Waals surface area contributed by atoms with Crippen molar-refractivity contribution in [3.63, 3.8) is 0 Å². The third-order valence-corrected chi connectivity index (χ3v) is 3.44. The van der Waals surface area contributed by atoms with Gasteiger partial charge in [-0.15, -0.1) is 0 Å². The Morgan fingerprint density at radius 3 is 2.55 bits per heavy atom. The van der Waals surface area contributed by atoms with Crippen LogP contribution < -0.4 is 4.90 Å². The third kappa shape index (κ3) is 3.04. The molecule has 0 aliphatic carbocycles. The largest absolute Gasteiger partial charge is 0.478 e. The lowest BCUT2D eigenvalue weighted by Gasteiger charge is -2.24. The second kappa shape index (κ2) is 5.32. The second-order valence-corrected chi connectivity index (χ2v) is 4.95. The SMILES string of the molecule is O=C(O)C1=CCN(c2cc(C(F)(F)F)ccc2Br)C=C1. The molecule has 0 aromatic heterocycles. The third-order valence-electron chi connectivity index (χ3n) is 2.77. The lowest BCUT2D eigenvalue weighted by molar-refractivity contribution is -0.137. The number of rotatable bonds is 2. The van der Waals surface area contributed by atoms with E-state index in [9.17, 15) is 18.0 Å². The highest BCUT2D eigenvalue weighted by atomic mass is 79.9. The summed E-state index contributed by atoms with van der Waals surface area (Å²) in [6.07, 6.45) is -0.186. The van der Waals surface area contributed by atoms with Crippen molar-refractivity contribution in [2.75, 3.05) is 11.4 Å². The number of nitrogens with zero attached hydrogens (tertiary/aromatic N) is 1. The fraction of sp³-hybridized carbons (Fsp3) is 0.154. The first-order valence-electron chi connectivity index (χ1n) is 5.54. The van der Waals surface area contributed by atoms with Crippen LogP contribution in [-0.4, -0.2) is 17.6 Å². The van der Waals surface area contributed by atoms with Gasteiger partial charge in [-0.3, -0.25) is 0 Å². The predicted octanol–water partition coefficient (Wildman–Crippen LogP) is 3.81. The Morgan fingerprint density at radius 1 is 1.35 bits per heavy atom. The minimum absolute atomic E-state index is 0.115. The summed E-state index contributed by atoms with van der Waals surface area (Å²) in [5.41, 5.74) is -0.307. The Hall–Kier alpha value is -1.76. The number of halogens is 4. The number of hydrogen-bond donors (Lipinski definition) is 1. The highest BCUT2D eigenvalue weighted by Gasteiger charge is 2.31. The first-order valence-corrected chi connectivity index (χ1v) is 6.33. The zero-order valence-electron chi connectivity index (χ0n) is 9.99. The maximum Gasteiger partial charge on any atom is 0.416 e. The molecule has 1 aliphatic rings. The molecule has 1 aromatic rings. The maximum atomic E-state index is 12.7. The van der Waals surface area contributed by atoms with Crippen LogP contribution in [0.4, 0.5) is 18.9 Å². The van der Waals surface area contributed by atoms with Gasteiger partial charge in [0.05, 0.1) is 16.8 Å². The lowest BCUT2D eigenvalue weighted by atomic mass is 10.1. The van der Waals surface area contributed by atoms with Crippen molar-refractivity contribution in [3.8, 4) is 0 Å². The van der Waals surface area contributed by atoms with Gasteiger partial charge < -0.3 is 10.0 Å². The van der Waals surface area contributed by atoms with Gasteiger partial charge in [0.1, 0.15) is 0 Å². The second-order valence-electron chi connectivity index (χ2n) is 4.10. The van der Waals surface area contributed by atoms with Crippen LogP contribution in [0.3, 0.4) is 0 Å². The van der Waals surface area contributed by atoms with Gasteiger partial charge in [0, 0.05) is 17.2 Å². The summed E-state index contributed by atoms with van der Waals surface area (Å²) in [5, 5.41) is 8.80. The minimum Gasteiger partial charge on any atom is -0.478 e. The van der Waals surface area contributed by atoms with Crippen molar-refractivity contribution >= 4 is 27.6 Å². The Bertz CT molecular complexity index is 608. The zero-order chi connectivity index (χ0) is 14.9. The molecule has 0 fully saturated rings. The van der Waals surface area contributed by atoms with Crippen LogP contribution in [0.1, 0.15) is 5.56 Å². The van der Waals surface area contributed by atoms with Gasteiger partial charge in [0.15, 0.2) is 0 Å². The molecule has 2 rings (SSSR count). The normalized spacial score (nSPS) is 15.2. The van der Waals surface area contributed by atoms with Crippen LogP contribution in [0.2, 0.25) is 0 Å². The van der Waals surface area contributed by atoms with E-state index < -0.39 is 17.7 Å². The Labute approximate surface area is 121 Å². The maximum absolute atomic E-state index is 12.7. The number of anilines is 1. The lowest BCUT2D eigenvalue weighted by Crippen LogP contribution is -2.21. The molecule has 0 saturated heterocycles. The smallest absolute Gasteiger partial charge is 0.416 e. The molecule has 0 atom stereocenters. The molecule has 1 aliphatic heterocycles. The van der Waals surface area contributed by atoms with Crippen LogP contribution in [0.15, 0.2) is 46.6 Å². The molecule has 0 saturated carbocycles. The van der Waals surface area contributed by atoms with Crippen LogP contribution in [0.5, 0.6) is 0 Å². The van der Waals surface area contributed by atoms with Crippen molar-refractivity contribution in [1.82, 2.24) is 0 Å². The highest BCUT2D eigenvalue weighted by molar-refractivity contribution is 9.10. The molecule has 0 unspecified atom stereocenters. The minimum atomic E-state index is -4.42. The number of carbonyl (C=O) groups is 1. The number of benzene rings is 1. The van der Waals surface area contributed by atoms with Crippen LogP contribution >= 0.6 is 15.9 Å². The molecule has 0 spiro atoms. The molecule has 3 nitrogen and oxygen atoms in total. The molecule has 0 bridgehead atoms. The van der Waals surface area contributed by atoms with Gasteiger partial charge in [-0.05, 0) is 40.2 Å². The van der Waals surface area contributed by atoms with Crippen LogP contribution in [0, 0.1) is 0 Å². The van der Waals surface area contributed by atoms with Crippen LogP contribution in [0.25, 0.3) is 0 Å².